The van der Waals surface area contributed by atoms with Crippen molar-refractivity contribution in [3.63, 3.8) is 0 Å². The highest BCUT2D eigenvalue weighted by molar-refractivity contribution is 7.98. The Kier molecular flexibility index (Phi) is 6.54. The highest BCUT2D eigenvalue weighted by Crippen LogP contribution is 2.10. The van der Waals surface area contributed by atoms with E-state index < -0.39 is 24.0 Å². The highest BCUT2D eigenvalue weighted by Gasteiger charge is 2.13. The molecular formula is C13H14N2O5S-2. The predicted octanol–water partition coefficient (Wildman–Crippen LogP) is -0.957. The van der Waals surface area contributed by atoms with Crippen molar-refractivity contribution >= 4 is 35.4 Å². The summed E-state index contributed by atoms with van der Waals surface area (Å²) in [6.45, 7) is 0. The van der Waals surface area contributed by atoms with Gasteiger partial charge in [-0.05, 0) is 36.1 Å². The Morgan fingerprint density at radius 3 is 2.57 bits per heavy atom. The second-order valence-corrected chi connectivity index (χ2v) is 5.11. The maximum Gasteiger partial charge on any atom is 0.319 e. The molecule has 1 rings (SSSR count). The molecule has 0 spiro atoms. The van der Waals surface area contributed by atoms with Crippen LogP contribution in [0.3, 0.4) is 0 Å². The lowest BCUT2D eigenvalue weighted by molar-refractivity contribution is -0.308. The number of urea groups is 1. The minimum absolute atomic E-state index is 0.0911. The largest absolute Gasteiger partial charge is 0.548 e. The number of aromatic carboxylic acids is 1. The van der Waals surface area contributed by atoms with Crippen molar-refractivity contribution in [3.05, 3.63) is 29.8 Å². The molecule has 0 heterocycles. The van der Waals surface area contributed by atoms with Crippen molar-refractivity contribution in [2.24, 2.45) is 0 Å². The molecule has 0 saturated heterocycles. The van der Waals surface area contributed by atoms with Crippen LogP contribution < -0.4 is 20.8 Å². The number of hydrogen-bond acceptors (Lipinski definition) is 6. The van der Waals surface area contributed by atoms with E-state index in [1.807, 2.05) is 6.26 Å². The van der Waals surface area contributed by atoms with Crippen LogP contribution in [0.2, 0.25) is 0 Å². The number of nitrogens with one attached hydrogen (secondary N) is 2. The van der Waals surface area contributed by atoms with E-state index in [2.05, 4.69) is 10.6 Å². The van der Waals surface area contributed by atoms with Gasteiger partial charge in [-0.15, -0.1) is 0 Å². The summed E-state index contributed by atoms with van der Waals surface area (Å²) in [4.78, 5) is 33.3. The monoisotopic (exact) mass is 310 g/mol. The van der Waals surface area contributed by atoms with E-state index >= 15 is 0 Å². The van der Waals surface area contributed by atoms with Gasteiger partial charge in [0.25, 0.3) is 0 Å². The Morgan fingerprint density at radius 2 is 2.00 bits per heavy atom. The number of carboxylic acid groups (broad SMARTS) is 2. The molecule has 0 aromatic heterocycles. The molecule has 0 aliphatic carbocycles. The maximum atomic E-state index is 11.7. The van der Waals surface area contributed by atoms with Gasteiger partial charge in [-0.1, -0.05) is 12.1 Å². The third kappa shape index (κ3) is 5.74. The summed E-state index contributed by atoms with van der Waals surface area (Å²) in [7, 11) is 0. The lowest BCUT2D eigenvalue weighted by Crippen LogP contribution is -2.49. The number of thioether (sulfide) groups is 1. The van der Waals surface area contributed by atoms with Gasteiger partial charge >= 0.3 is 6.03 Å². The standard InChI is InChI=1S/C13H16N2O5S/c1-21-6-5-10(12(18)19)15-13(20)14-9-4-2-3-8(7-9)11(16)17/h2-4,7,10H,5-6H2,1H3,(H,16,17)(H,18,19)(H2,14,15,20)/p-2/t10-/m0/s1. The van der Waals surface area contributed by atoms with E-state index in [9.17, 15) is 24.6 Å². The number of carbonyl (C=O) groups excluding carboxylic acids is 3. The second-order valence-electron chi connectivity index (χ2n) is 4.12. The number of benzene rings is 1. The zero-order chi connectivity index (χ0) is 15.8. The van der Waals surface area contributed by atoms with Crippen LogP contribution in [0.1, 0.15) is 16.8 Å². The second kappa shape index (κ2) is 8.15. The predicted molar refractivity (Wildman–Crippen MR) is 74.7 cm³/mol. The molecule has 0 aliphatic heterocycles. The summed E-state index contributed by atoms with van der Waals surface area (Å²) in [5, 5.41) is 26.2. The van der Waals surface area contributed by atoms with Gasteiger partial charge in [0, 0.05) is 5.69 Å². The zero-order valence-electron chi connectivity index (χ0n) is 11.3. The zero-order valence-corrected chi connectivity index (χ0v) is 12.1. The van der Waals surface area contributed by atoms with E-state index in [-0.39, 0.29) is 17.7 Å². The normalized spacial score (nSPS) is 11.5. The van der Waals surface area contributed by atoms with Crippen molar-refractivity contribution in [2.45, 2.75) is 12.5 Å². The van der Waals surface area contributed by atoms with E-state index in [4.69, 9.17) is 0 Å². The Balaban J connectivity index is 2.65. The fraction of sp³-hybridized carbons (Fsp3) is 0.308. The van der Waals surface area contributed by atoms with Gasteiger partial charge in [0.15, 0.2) is 0 Å². The molecule has 0 bridgehead atoms. The van der Waals surface area contributed by atoms with Gasteiger partial charge in [-0.25, -0.2) is 4.79 Å². The molecule has 0 unspecified atom stereocenters. The highest BCUT2D eigenvalue weighted by atomic mass is 32.2. The summed E-state index contributed by atoms with van der Waals surface area (Å²) >= 11 is 1.45. The van der Waals surface area contributed by atoms with Gasteiger partial charge in [0.2, 0.25) is 0 Å². The number of anilines is 1. The number of rotatable bonds is 7. The topological polar surface area (TPSA) is 121 Å². The van der Waals surface area contributed by atoms with Crippen LogP contribution in [0, 0.1) is 0 Å². The number of aliphatic carboxylic acids is 1. The fourth-order valence-corrected chi connectivity index (χ4v) is 2.01. The van der Waals surface area contributed by atoms with E-state index in [1.165, 1.54) is 36.0 Å². The first kappa shape index (κ1) is 16.8. The summed E-state index contributed by atoms with van der Waals surface area (Å²) in [6.07, 6.45) is 2.05. The molecule has 21 heavy (non-hydrogen) atoms. The number of carbonyl (C=O) groups is 3. The van der Waals surface area contributed by atoms with Gasteiger partial charge in [0.1, 0.15) is 0 Å². The van der Waals surface area contributed by atoms with Crippen LogP contribution in [0.25, 0.3) is 0 Å². The molecule has 2 N–H and O–H groups in total. The smallest absolute Gasteiger partial charge is 0.319 e. The maximum absolute atomic E-state index is 11.7. The van der Waals surface area contributed by atoms with Crippen molar-refractivity contribution < 1.29 is 24.6 Å². The average Bonchev–Trinajstić information content (AvgIpc) is 2.43. The average molecular weight is 310 g/mol. The first-order chi connectivity index (χ1) is 9.93. The molecule has 1 atom stereocenters. The summed E-state index contributed by atoms with van der Waals surface area (Å²) < 4.78 is 0. The Morgan fingerprint density at radius 1 is 1.29 bits per heavy atom. The number of hydrogen-bond donors (Lipinski definition) is 2. The van der Waals surface area contributed by atoms with Crippen molar-refractivity contribution in [1.82, 2.24) is 5.32 Å². The van der Waals surface area contributed by atoms with Crippen LogP contribution in [-0.2, 0) is 4.79 Å². The van der Waals surface area contributed by atoms with Gasteiger partial charge in [-0.2, -0.15) is 11.8 Å². The molecule has 1 aromatic carbocycles. The molecule has 0 aliphatic rings. The first-order valence-corrected chi connectivity index (χ1v) is 7.42. The van der Waals surface area contributed by atoms with Crippen LogP contribution in [0.4, 0.5) is 10.5 Å². The molecule has 0 fully saturated rings. The quantitative estimate of drug-likeness (QED) is 0.669. The number of carboxylic acids is 2. The van der Waals surface area contributed by atoms with Crippen molar-refractivity contribution in [1.29, 1.82) is 0 Å². The summed E-state index contributed by atoms with van der Waals surface area (Å²) in [5.41, 5.74) is 0.128. The molecular weight excluding hydrogens is 296 g/mol. The first-order valence-electron chi connectivity index (χ1n) is 6.02. The Bertz CT molecular complexity index is 535. The summed E-state index contributed by atoms with van der Waals surface area (Å²) in [5.74, 6) is -2.19. The minimum Gasteiger partial charge on any atom is -0.548 e. The molecule has 0 radical (unpaired) electrons. The van der Waals surface area contributed by atoms with E-state index in [0.29, 0.717) is 5.75 Å². The Hall–Kier alpha value is -2.22. The lowest BCUT2D eigenvalue weighted by Gasteiger charge is -2.19. The van der Waals surface area contributed by atoms with Crippen molar-refractivity contribution in [3.8, 4) is 0 Å². The molecule has 2 amide bonds. The molecule has 1 aromatic rings. The molecule has 114 valence electrons. The van der Waals surface area contributed by atoms with Gasteiger partial charge < -0.3 is 30.4 Å². The van der Waals surface area contributed by atoms with Crippen LogP contribution in [0.15, 0.2) is 24.3 Å². The fourth-order valence-electron chi connectivity index (χ4n) is 1.53. The van der Waals surface area contributed by atoms with Crippen LogP contribution >= 0.6 is 11.8 Å². The third-order valence-corrected chi connectivity index (χ3v) is 3.20. The van der Waals surface area contributed by atoms with Gasteiger partial charge in [0.05, 0.1) is 18.0 Å². The minimum atomic E-state index is -1.37. The van der Waals surface area contributed by atoms with Crippen molar-refractivity contribution in [2.75, 3.05) is 17.3 Å². The SMILES string of the molecule is CSCC[C@H](NC(=O)Nc1cccc(C(=O)[O-])c1)C(=O)[O-]. The van der Waals surface area contributed by atoms with Crippen LogP contribution in [0.5, 0.6) is 0 Å². The molecule has 8 heteroatoms. The summed E-state index contributed by atoms with van der Waals surface area (Å²) in [6, 6.07) is 3.58. The Labute approximate surface area is 125 Å². The van der Waals surface area contributed by atoms with E-state index in [0.717, 1.165) is 0 Å². The lowest BCUT2D eigenvalue weighted by atomic mass is 10.2. The number of amides is 2. The molecule has 0 saturated carbocycles. The molecule has 7 nitrogen and oxygen atoms in total. The van der Waals surface area contributed by atoms with Gasteiger partial charge in [-0.3, -0.25) is 0 Å². The third-order valence-electron chi connectivity index (χ3n) is 2.56. The van der Waals surface area contributed by atoms with Crippen LogP contribution in [-0.4, -0.2) is 36.0 Å². The van der Waals surface area contributed by atoms with E-state index in [1.54, 1.807) is 0 Å².